The van der Waals surface area contributed by atoms with Gasteiger partial charge < -0.3 is 14.4 Å². The molecule has 0 aliphatic carbocycles. The van der Waals surface area contributed by atoms with Crippen molar-refractivity contribution in [1.82, 2.24) is 4.90 Å². The van der Waals surface area contributed by atoms with Crippen molar-refractivity contribution in [1.29, 1.82) is 0 Å². The minimum absolute atomic E-state index is 0.198. The molecule has 4 heteroatoms. The van der Waals surface area contributed by atoms with Gasteiger partial charge in [-0.25, -0.2) is 0 Å². The van der Waals surface area contributed by atoms with E-state index in [-0.39, 0.29) is 12.1 Å². The van der Waals surface area contributed by atoms with Crippen molar-refractivity contribution < 1.29 is 14.3 Å². The second-order valence-electron chi connectivity index (χ2n) is 4.46. The van der Waals surface area contributed by atoms with Crippen LogP contribution in [0.25, 0.3) is 0 Å². The molecule has 0 saturated heterocycles. The highest BCUT2D eigenvalue weighted by molar-refractivity contribution is 5.66. The van der Waals surface area contributed by atoms with Crippen molar-refractivity contribution in [2.75, 3.05) is 27.7 Å². The lowest BCUT2D eigenvalue weighted by molar-refractivity contribution is -0.147. The van der Waals surface area contributed by atoms with E-state index in [1.165, 1.54) is 6.92 Å². The van der Waals surface area contributed by atoms with E-state index in [2.05, 4.69) is 4.90 Å². The maximum atomic E-state index is 11.1. The molecule has 0 aromatic heterocycles. The summed E-state index contributed by atoms with van der Waals surface area (Å²) >= 11 is 0. The van der Waals surface area contributed by atoms with Crippen molar-refractivity contribution >= 4 is 5.97 Å². The van der Waals surface area contributed by atoms with Crippen LogP contribution in [0.3, 0.4) is 0 Å². The maximum absolute atomic E-state index is 11.1. The second-order valence-corrected chi connectivity index (χ2v) is 4.46. The first-order valence-electron chi connectivity index (χ1n) is 5.99. The van der Waals surface area contributed by atoms with Crippen molar-refractivity contribution in [3.63, 3.8) is 0 Å². The predicted molar refractivity (Wildman–Crippen MR) is 70.7 cm³/mol. The number of hydrogen-bond acceptors (Lipinski definition) is 4. The largest absolute Gasteiger partial charge is 0.497 e. The molecular weight excluding hydrogens is 230 g/mol. The van der Waals surface area contributed by atoms with Crippen molar-refractivity contribution in [2.24, 2.45) is 0 Å². The Hall–Kier alpha value is -1.55. The van der Waals surface area contributed by atoms with E-state index in [0.717, 1.165) is 24.3 Å². The molecule has 4 nitrogen and oxygen atoms in total. The molecule has 0 amide bonds. The van der Waals surface area contributed by atoms with Crippen LogP contribution >= 0.6 is 0 Å². The molecule has 0 N–H and O–H groups in total. The average molecular weight is 251 g/mol. The Morgan fingerprint density at radius 2 is 1.89 bits per heavy atom. The SMILES string of the molecule is COc1ccc(C(CCN(C)C)OC(C)=O)cc1. The number of carbonyl (C=O) groups is 1. The molecule has 0 bridgehead atoms. The number of nitrogens with zero attached hydrogens (tertiary/aromatic N) is 1. The van der Waals surface area contributed by atoms with E-state index >= 15 is 0 Å². The Balaban J connectivity index is 2.76. The Morgan fingerprint density at radius 3 is 2.33 bits per heavy atom. The van der Waals surface area contributed by atoms with Gasteiger partial charge in [0.15, 0.2) is 0 Å². The summed E-state index contributed by atoms with van der Waals surface area (Å²) in [6, 6.07) is 7.62. The number of rotatable bonds is 6. The Morgan fingerprint density at radius 1 is 1.28 bits per heavy atom. The molecule has 0 radical (unpaired) electrons. The minimum Gasteiger partial charge on any atom is -0.497 e. The second kappa shape index (κ2) is 7.01. The fourth-order valence-electron chi connectivity index (χ4n) is 1.69. The minimum atomic E-state index is -0.255. The van der Waals surface area contributed by atoms with Crippen molar-refractivity contribution in [3.8, 4) is 5.75 Å². The molecule has 0 heterocycles. The first-order chi connectivity index (χ1) is 8.52. The summed E-state index contributed by atoms with van der Waals surface area (Å²) in [5, 5.41) is 0. The van der Waals surface area contributed by atoms with Crippen LogP contribution in [0.4, 0.5) is 0 Å². The number of methoxy groups -OCH3 is 1. The van der Waals surface area contributed by atoms with Crippen molar-refractivity contribution in [3.05, 3.63) is 29.8 Å². The van der Waals surface area contributed by atoms with Gasteiger partial charge >= 0.3 is 5.97 Å². The van der Waals surface area contributed by atoms with Gasteiger partial charge in [0.2, 0.25) is 0 Å². The fourth-order valence-corrected chi connectivity index (χ4v) is 1.69. The van der Waals surface area contributed by atoms with Gasteiger partial charge in [-0.1, -0.05) is 12.1 Å². The first kappa shape index (κ1) is 14.5. The van der Waals surface area contributed by atoms with E-state index in [4.69, 9.17) is 9.47 Å². The van der Waals surface area contributed by atoms with Gasteiger partial charge in [0.1, 0.15) is 11.9 Å². The van der Waals surface area contributed by atoms with E-state index in [0.29, 0.717) is 0 Å². The van der Waals surface area contributed by atoms with Gasteiger partial charge in [0.05, 0.1) is 7.11 Å². The van der Waals surface area contributed by atoms with Gasteiger partial charge in [-0.05, 0) is 31.8 Å². The summed E-state index contributed by atoms with van der Waals surface area (Å²) in [7, 11) is 5.63. The number of ether oxygens (including phenoxy) is 2. The summed E-state index contributed by atoms with van der Waals surface area (Å²) in [6.07, 6.45) is 0.578. The molecule has 18 heavy (non-hydrogen) atoms. The molecule has 1 aromatic carbocycles. The molecule has 0 fully saturated rings. The average Bonchev–Trinajstić information content (AvgIpc) is 2.34. The Labute approximate surface area is 108 Å². The highest BCUT2D eigenvalue weighted by Crippen LogP contribution is 2.24. The van der Waals surface area contributed by atoms with Crippen molar-refractivity contribution in [2.45, 2.75) is 19.4 Å². The highest BCUT2D eigenvalue weighted by Gasteiger charge is 2.15. The monoisotopic (exact) mass is 251 g/mol. The predicted octanol–water partition coefficient (Wildman–Crippen LogP) is 2.25. The van der Waals surface area contributed by atoms with Gasteiger partial charge in [-0.3, -0.25) is 4.79 Å². The summed E-state index contributed by atoms with van der Waals surface area (Å²) < 4.78 is 10.5. The third kappa shape index (κ3) is 4.75. The van der Waals surface area contributed by atoms with Crippen LogP contribution < -0.4 is 4.74 Å². The number of carbonyl (C=O) groups excluding carboxylic acids is 1. The molecule has 1 unspecified atom stereocenters. The van der Waals surface area contributed by atoms with E-state index in [1.54, 1.807) is 7.11 Å². The summed E-state index contributed by atoms with van der Waals surface area (Å²) in [5.74, 6) is 0.544. The maximum Gasteiger partial charge on any atom is 0.303 e. The van der Waals surface area contributed by atoms with E-state index < -0.39 is 0 Å². The zero-order chi connectivity index (χ0) is 13.5. The van der Waals surface area contributed by atoms with Crippen LogP contribution in [0.15, 0.2) is 24.3 Å². The van der Waals surface area contributed by atoms with Crippen LogP contribution in [0.2, 0.25) is 0 Å². The zero-order valence-corrected chi connectivity index (χ0v) is 11.5. The quantitative estimate of drug-likeness (QED) is 0.727. The standard InChI is InChI=1S/C14H21NO3/c1-11(16)18-14(9-10-15(2)3)12-5-7-13(17-4)8-6-12/h5-8,14H,9-10H2,1-4H3. The molecule has 1 aromatic rings. The number of esters is 1. The van der Waals surface area contributed by atoms with Gasteiger partial charge in [-0.15, -0.1) is 0 Å². The van der Waals surface area contributed by atoms with Gasteiger partial charge in [-0.2, -0.15) is 0 Å². The first-order valence-corrected chi connectivity index (χ1v) is 5.99. The molecule has 0 aliphatic heterocycles. The lowest BCUT2D eigenvalue weighted by Gasteiger charge is -2.19. The highest BCUT2D eigenvalue weighted by atomic mass is 16.5. The van der Waals surface area contributed by atoms with Crippen LogP contribution in [0.1, 0.15) is 25.0 Å². The fraction of sp³-hybridized carbons (Fsp3) is 0.500. The number of hydrogen-bond donors (Lipinski definition) is 0. The molecular formula is C14H21NO3. The Bertz CT molecular complexity index is 373. The van der Waals surface area contributed by atoms with Crippen LogP contribution in [0, 0.1) is 0 Å². The number of benzene rings is 1. The third-order valence-electron chi connectivity index (χ3n) is 2.63. The topological polar surface area (TPSA) is 38.8 Å². The summed E-state index contributed by atoms with van der Waals surface area (Å²) in [5.41, 5.74) is 0.993. The lowest BCUT2D eigenvalue weighted by Crippen LogP contribution is -2.18. The van der Waals surface area contributed by atoms with Gasteiger partial charge in [0.25, 0.3) is 0 Å². The molecule has 100 valence electrons. The molecule has 1 atom stereocenters. The van der Waals surface area contributed by atoms with E-state index in [1.807, 2.05) is 38.4 Å². The molecule has 0 saturated carbocycles. The molecule has 0 spiro atoms. The zero-order valence-electron chi connectivity index (χ0n) is 11.5. The normalized spacial score (nSPS) is 12.3. The smallest absolute Gasteiger partial charge is 0.303 e. The van der Waals surface area contributed by atoms with Crippen LogP contribution in [-0.2, 0) is 9.53 Å². The summed E-state index contributed by atoms with van der Waals surface area (Å²) in [4.78, 5) is 13.2. The van der Waals surface area contributed by atoms with Crippen LogP contribution in [0.5, 0.6) is 5.75 Å². The third-order valence-corrected chi connectivity index (χ3v) is 2.63. The molecule has 0 aliphatic rings. The Kier molecular flexibility index (Phi) is 5.65. The lowest BCUT2D eigenvalue weighted by atomic mass is 10.1. The van der Waals surface area contributed by atoms with Gasteiger partial charge in [0, 0.05) is 19.9 Å². The summed E-state index contributed by atoms with van der Waals surface area (Å²) in [6.45, 7) is 2.30. The van der Waals surface area contributed by atoms with E-state index in [9.17, 15) is 4.79 Å². The van der Waals surface area contributed by atoms with Crippen LogP contribution in [-0.4, -0.2) is 38.6 Å². The molecule has 1 rings (SSSR count).